The molecule has 2 aromatic rings. The Bertz CT molecular complexity index is 792. The maximum Gasteiger partial charge on any atom is 0.418 e. The summed E-state index contributed by atoms with van der Waals surface area (Å²) >= 11 is 0. The van der Waals surface area contributed by atoms with E-state index in [1.807, 2.05) is 0 Å². The van der Waals surface area contributed by atoms with Crippen LogP contribution in [0.3, 0.4) is 0 Å². The lowest BCUT2D eigenvalue weighted by molar-refractivity contribution is -0.137. The Balaban J connectivity index is 2.19. The molecule has 8 heteroatoms. The third-order valence-electron chi connectivity index (χ3n) is 3.33. The van der Waals surface area contributed by atoms with Gasteiger partial charge in [0.05, 0.1) is 11.3 Å². The molecule has 0 heterocycles. The van der Waals surface area contributed by atoms with Gasteiger partial charge in [0, 0.05) is 12.6 Å². The lowest BCUT2D eigenvalue weighted by Gasteiger charge is -2.18. The Morgan fingerprint density at radius 3 is 2.27 bits per heavy atom. The van der Waals surface area contributed by atoms with E-state index in [2.05, 4.69) is 10.6 Å². The number of ether oxygens (including phenoxy) is 1. The third kappa shape index (κ3) is 5.23. The zero-order valence-electron chi connectivity index (χ0n) is 14.1. The van der Waals surface area contributed by atoms with E-state index in [4.69, 9.17) is 4.74 Å². The van der Waals surface area contributed by atoms with Crippen molar-refractivity contribution in [3.05, 3.63) is 54.1 Å². The van der Waals surface area contributed by atoms with E-state index in [9.17, 15) is 22.8 Å². The zero-order valence-corrected chi connectivity index (χ0v) is 14.1. The molecule has 0 saturated carbocycles. The molecule has 0 fully saturated rings. The molecule has 0 aliphatic heterocycles. The Labute approximate surface area is 148 Å². The van der Waals surface area contributed by atoms with Crippen LogP contribution in [0.25, 0.3) is 0 Å². The molecule has 2 rings (SSSR count). The molecule has 0 unspecified atom stereocenters. The normalized spacial score (nSPS) is 12.2. The molecule has 0 aromatic heterocycles. The molecule has 2 aromatic carbocycles. The number of benzene rings is 2. The molecule has 138 valence electrons. The summed E-state index contributed by atoms with van der Waals surface area (Å²) in [5, 5.41) is 4.50. The van der Waals surface area contributed by atoms with Crippen molar-refractivity contribution in [2.75, 3.05) is 10.6 Å². The van der Waals surface area contributed by atoms with Crippen molar-refractivity contribution >= 4 is 23.2 Å². The fourth-order valence-electron chi connectivity index (χ4n) is 2.16. The number of hydrogen-bond acceptors (Lipinski definition) is 3. The summed E-state index contributed by atoms with van der Waals surface area (Å²) in [6.07, 6.45) is -5.71. The molecule has 26 heavy (non-hydrogen) atoms. The highest BCUT2D eigenvalue weighted by atomic mass is 19.4. The van der Waals surface area contributed by atoms with Gasteiger partial charge in [0.1, 0.15) is 5.75 Å². The van der Waals surface area contributed by atoms with Crippen molar-refractivity contribution < 1.29 is 27.5 Å². The number of alkyl halides is 3. The van der Waals surface area contributed by atoms with Crippen molar-refractivity contribution in [3.8, 4) is 5.75 Å². The van der Waals surface area contributed by atoms with Crippen molar-refractivity contribution in [2.24, 2.45) is 0 Å². The Morgan fingerprint density at radius 1 is 1.04 bits per heavy atom. The first kappa shape index (κ1) is 19.3. The maximum atomic E-state index is 13.3. The maximum absolute atomic E-state index is 13.3. The number of para-hydroxylation sites is 1. The predicted octanol–water partition coefficient (Wildman–Crippen LogP) is 4.07. The second-order valence-corrected chi connectivity index (χ2v) is 5.50. The molecule has 0 spiro atoms. The third-order valence-corrected chi connectivity index (χ3v) is 3.33. The van der Waals surface area contributed by atoms with Crippen LogP contribution in [-0.2, 0) is 15.8 Å². The van der Waals surface area contributed by atoms with Gasteiger partial charge >= 0.3 is 6.18 Å². The second-order valence-electron chi connectivity index (χ2n) is 5.50. The number of nitrogens with one attached hydrogen (secondary N) is 2. The first-order valence-corrected chi connectivity index (χ1v) is 7.68. The van der Waals surface area contributed by atoms with Crippen LogP contribution in [0.5, 0.6) is 5.75 Å². The van der Waals surface area contributed by atoms with Crippen LogP contribution in [0.1, 0.15) is 19.4 Å². The number of carbonyl (C=O) groups is 2. The highest BCUT2D eigenvalue weighted by Crippen LogP contribution is 2.36. The molecule has 0 radical (unpaired) electrons. The molecule has 2 N–H and O–H groups in total. The fourth-order valence-corrected chi connectivity index (χ4v) is 2.16. The number of rotatable bonds is 5. The Kier molecular flexibility index (Phi) is 5.86. The van der Waals surface area contributed by atoms with Gasteiger partial charge in [0.25, 0.3) is 5.91 Å². The molecule has 0 aliphatic carbocycles. The fraction of sp³-hybridized carbons (Fsp3) is 0.222. The van der Waals surface area contributed by atoms with Gasteiger partial charge in [-0.1, -0.05) is 18.2 Å². The summed E-state index contributed by atoms with van der Waals surface area (Å²) in [6, 6.07) is 11.6. The van der Waals surface area contributed by atoms with Gasteiger partial charge in [-0.15, -0.1) is 0 Å². The van der Waals surface area contributed by atoms with Crippen LogP contribution < -0.4 is 15.4 Å². The van der Waals surface area contributed by atoms with Gasteiger partial charge in [-0.2, -0.15) is 13.2 Å². The first-order chi connectivity index (χ1) is 12.2. The molecular formula is C18H17F3N2O3. The van der Waals surface area contributed by atoms with Crippen LogP contribution in [0.4, 0.5) is 24.5 Å². The number of anilines is 2. The van der Waals surface area contributed by atoms with E-state index >= 15 is 0 Å². The molecule has 0 bridgehead atoms. The highest BCUT2D eigenvalue weighted by molar-refractivity contribution is 5.95. The van der Waals surface area contributed by atoms with Crippen molar-refractivity contribution in [1.29, 1.82) is 0 Å². The van der Waals surface area contributed by atoms with E-state index in [1.165, 1.54) is 19.9 Å². The number of amides is 2. The average Bonchev–Trinajstić information content (AvgIpc) is 2.55. The van der Waals surface area contributed by atoms with Gasteiger partial charge in [0.2, 0.25) is 5.91 Å². The van der Waals surface area contributed by atoms with E-state index < -0.39 is 35.3 Å². The highest BCUT2D eigenvalue weighted by Gasteiger charge is 2.34. The monoisotopic (exact) mass is 366 g/mol. The minimum atomic E-state index is -4.71. The molecule has 0 saturated heterocycles. The van der Waals surface area contributed by atoms with Crippen molar-refractivity contribution in [3.63, 3.8) is 0 Å². The lowest BCUT2D eigenvalue weighted by Crippen LogP contribution is -2.31. The minimum Gasteiger partial charge on any atom is -0.481 e. The summed E-state index contributed by atoms with van der Waals surface area (Å²) in [5.74, 6) is -0.807. The van der Waals surface area contributed by atoms with Crippen LogP contribution in [0, 0.1) is 0 Å². The zero-order chi connectivity index (χ0) is 19.3. The first-order valence-electron chi connectivity index (χ1n) is 7.68. The summed E-state index contributed by atoms with van der Waals surface area (Å²) in [6.45, 7) is 2.62. The molecule has 2 amide bonds. The molecular weight excluding hydrogens is 349 g/mol. The Morgan fingerprint density at radius 2 is 1.69 bits per heavy atom. The predicted molar refractivity (Wildman–Crippen MR) is 90.9 cm³/mol. The van der Waals surface area contributed by atoms with Gasteiger partial charge < -0.3 is 15.4 Å². The quantitative estimate of drug-likeness (QED) is 0.838. The van der Waals surface area contributed by atoms with E-state index in [0.29, 0.717) is 5.75 Å². The van der Waals surface area contributed by atoms with Crippen LogP contribution in [0.15, 0.2) is 48.5 Å². The Hall–Kier alpha value is -3.03. The van der Waals surface area contributed by atoms with Crippen molar-refractivity contribution in [2.45, 2.75) is 26.1 Å². The SMILES string of the molecule is CC(=O)Nc1ccc(NC(=O)[C@@H](C)Oc2ccccc2)c(C(F)(F)F)c1. The van der Waals surface area contributed by atoms with Crippen LogP contribution in [-0.4, -0.2) is 17.9 Å². The standard InChI is InChI=1S/C18H17F3N2O3/c1-11(26-14-6-4-3-5-7-14)17(25)23-16-9-8-13(22-12(2)24)10-15(16)18(19,20)21/h3-11H,1-2H3,(H,22,24)(H,23,25)/t11-/m1/s1. The van der Waals surface area contributed by atoms with E-state index in [1.54, 1.807) is 30.3 Å². The molecule has 0 aliphatic rings. The molecule has 5 nitrogen and oxygen atoms in total. The number of halogens is 3. The minimum absolute atomic E-state index is 0.0172. The smallest absolute Gasteiger partial charge is 0.418 e. The lowest BCUT2D eigenvalue weighted by atomic mass is 10.1. The summed E-state index contributed by atoms with van der Waals surface area (Å²) in [5.41, 5.74) is -1.50. The summed E-state index contributed by atoms with van der Waals surface area (Å²) in [4.78, 5) is 23.2. The summed E-state index contributed by atoms with van der Waals surface area (Å²) in [7, 11) is 0. The number of hydrogen-bond donors (Lipinski definition) is 2. The van der Waals surface area contributed by atoms with Crippen LogP contribution >= 0.6 is 0 Å². The van der Waals surface area contributed by atoms with Crippen LogP contribution in [0.2, 0.25) is 0 Å². The second kappa shape index (κ2) is 7.90. The van der Waals surface area contributed by atoms with E-state index in [-0.39, 0.29) is 5.69 Å². The van der Waals surface area contributed by atoms with E-state index in [0.717, 1.165) is 12.1 Å². The van der Waals surface area contributed by atoms with Crippen molar-refractivity contribution in [1.82, 2.24) is 0 Å². The number of carbonyl (C=O) groups excluding carboxylic acids is 2. The molecule has 1 atom stereocenters. The van der Waals surface area contributed by atoms with Gasteiger partial charge in [-0.05, 0) is 37.3 Å². The average molecular weight is 366 g/mol. The largest absolute Gasteiger partial charge is 0.481 e. The van der Waals surface area contributed by atoms with Gasteiger partial charge in [-0.3, -0.25) is 9.59 Å². The van der Waals surface area contributed by atoms with Gasteiger partial charge in [-0.25, -0.2) is 0 Å². The topological polar surface area (TPSA) is 67.4 Å². The van der Waals surface area contributed by atoms with Gasteiger partial charge in [0.15, 0.2) is 6.10 Å². The summed E-state index contributed by atoms with van der Waals surface area (Å²) < 4.78 is 45.2.